The van der Waals surface area contributed by atoms with Gasteiger partial charge in [-0.25, -0.2) is 0 Å². The summed E-state index contributed by atoms with van der Waals surface area (Å²) in [5, 5.41) is 12.8. The molecule has 0 aliphatic heterocycles. The Morgan fingerprint density at radius 2 is 0.648 bits per heavy atom. The Morgan fingerprint density at radius 3 is 1.11 bits per heavy atom. The minimum Gasteiger partial charge on any atom is -0.309 e. The molecule has 10 aromatic carbocycles. The van der Waals surface area contributed by atoms with Crippen molar-refractivity contribution in [3.8, 4) is 33.6 Å². The molecule has 2 nitrogen and oxygen atoms in total. The molecular weight excluding hydrogens is 653 g/mol. The smallest absolute Gasteiger partial charge is 0.0541 e. The summed E-state index contributed by atoms with van der Waals surface area (Å²) in [7, 11) is 0. The molecule has 0 saturated carbocycles. The molecule has 2 heteroatoms. The summed E-state index contributed by atoms with van der Waals surface area (Å²) in [5.74, 6) is 0. The van der Waals surface area contributed by atoms with Crippen LogP contribution in [0.3, 0.4) is 0 Å². The molecule has 12 aromatic rings. The predicted molar refractivity (Wildman–Crippen MR) is 230 cm³/mol. The van der Waals surface area contributed by atoms with Gasteiger partial charge >= 0.3 is 0 Å². The van der Waals surface area contributed by atoms with Gasteiger partial charge in [-0.2, -0.15) is 0 Å². The van der Waals surface area contributed by atoms with Crippen LogP contribution in [0.2, 0.25) is 0 Å². The molecule has 0 unspecified atom stereocenters. The summed E-state index contributed by atoms with van der Waals surface area (Å²) in [5.41, 5.74) is 12.2. The Hall–Kier alpha value is -7.16. The Balaban J connectivity index is 1.06. The van der Waals surface area contributed by atoms with E-state index in [2.05, 4.69) is 203 Å². The molecule has 0 fully saturated rings. The van der Waals surface area contributed by atoms with Crippen molar-refractivity contribution in [2.75, 3.05) is 0 Å². The van der Waals surface area contributed by atoms with Gasteiger partial charge in [-0.1, -0.05) is 133 Å². The van der Waals surface area contributed by atoms with Gasteiger partial charge < -0.3 is 9.13 Å². The van der Waals surface area contributed by atoms with Gasteiger partial charge in [0, 0.05) is 32.9 Å². The quantitative estimate of drug-likeness (QED) is 0.163. The van der Waals surface area contributed by atoms with E-state index in [1.54, 1.807) is 0 Å². The van der Waals surface area contributed by atoms with E-state index in [4.69, 9.17) is 0 Å². The van der Waals surface area contributed by atoms with Crippen molar-refractivity contribution in [3.63, 3.8) is 0 Å². The molecule has 2 heterocycles. The first-order valence-corrected chi connectivity index (χ1v) is 18.7. The molecule has 0 radical (unpaired) electrons. The number of fused-ring (bicyclic) bond motifs is 6. The van der Waals surface area contributed by atoms with Gasteiger partial charge in [0.25, 0.3) is 0 Å². The van der Waals surface area contributed by atoms with E-state index in [-0.39, 0.29) is 0 Å². The standard InChI is InChI=1S/C52H32N2/c1-3-11-37(12-4-1)53-47-17-9-7-15-41(47)45-31-35(23-29-49(45)53)39-25-19-33-22-28-44-40(26-20-34-21-27-43(39)51(33)52(34)44)36-24-30-50-46(32-36)42-16-8-10-18-48(42)54(50)38-13-5-2-6-14-38/h1-32H. The van der Waals surface area contributed by atoms with Gasteiger partial charge in [-0.15, -0.1) is 0 Å². The van der Waals surface area contributed by atoms with Gasteiger partial charge in [0.15, 0.2) is 0 Å². The summed E-state index contributed by atoms with van der Waals surface area (Å²) < 4.78 is 4.77. The van der Waals surface area contributed by atoms with Crippen LogP contribution in [0, 0.1) is 0 Å². The average molecular weight is 685 g/mol. The van der Waals surface area contributed by atoms with Gasteiger partial charge in [0.1, 0.15) is 0 Å². The van der Waals surface area contributed by atoms with Crippen molar-refractivity contribution in [3.05, 3.63) is 194 Å². The highest BCUT2D eigenvalue weighted by atomic mass is 15.0. The first-order chi connectivity index (χ1) is 26.8. The maximum atomic E-state index is 2.40. The molecule has 54 heavy (non-hydrogen) atoms. The largest absolute Gasteiger partial charge is 0.309 e. The maximum absolute atomic E-state index is 2.40. The molecular formula is C52H32N2. The zero-order valence-corrected chi connectivity index (χ0v) is 29.4. The molecule has 0 N–H and O–H groups in total. The topological polar surface area (TPSA) is 9.86 Å². The van der Waals surface area contributed by atoms with Crippen molar-refractivity contribution in [2.24, 2.45) is 0 Å². The van der Waals surface area contributed by atoms with Crippen LogP contribution in [-0.2, 0) is 0 Å². The van der Waals surface area contributed by atoms with Crippen LogP contribution in [0.25, 0.3) is 110 Å². The molecule has 250 valence electrons. The molecule has 0 amide bonds. The highest BCUT2D eigenvalue weighted by Crippen LogP contribution is 2.44. The number of benzene rings is 10. The van der Waals surface area contributed by atoms with Crippen LogP contribution in [-0.4, -0.2) is 9.13 Å². The zero-order valence-electron chi connectivity index (χ0n) is 29.4. The van der Waals surface area contributed by atoms with E-state index < -0.39 is 0 Å². The molecule has 12 rings (SSSR count). The van der Waals surface area contributed by atoms with E-state index in [1.165, 1.54) is 110 Å². The van der Waals surface area contributed by atoms with Crippen molar-refractivity contribution in [2.45, 2.75) is 0 Å². The fourth-order valence-electron chi connectivity index (χ4n) is 9.30. The molecule has 0 atom stereocenters. The van der Waals surface area contributed by atoms with E-state index in [9.17, 15) is 0 Å². The second-order valence-electron chi connectivity index (χ2n) is 14.5. The highest BCUT2D eigenvalue weighted by Gasteiger charge is 2.19. The summed E-state index contributed by atoms with van der Waals surface area (Å²) in [4.78, 5) is 0. The first kappa shape index (κ1) is 29.4. The number of hydrogen-bond donors (Lipinski definition) is 0. The van der Waals surface area contributed by atoms with E-state index in [0.717, 1.165) is 0 Å². The summed E-state index contributed by atoms with van der Waals surface area (Å²) in [6.45, 7) is 0. The Bertz CT molecular complexity index is 3190. The fourth-order valence-corrected chi connectivity index (χ4v) is 9.30. The number of para-hydroxylation sites is 4. The Kier molecular flexibility index (Phi) is 6.09. The van der Waals surface area contributed by atoms with Crippen LogP contribution < -0.4 is 0 Å². The maximum Gasteiger partial charge on any atom is 0.0541 e. The number of aromatic nitrogens is 2. The fraction of sp³-hybridized carbons (Fsp3) is 0. The van der Waals surface area contributed by atoms with Gasteiger partial charge in [-0.05, 0) is 115 Å². The van der Waals surface area contributed by atoms with E-state index >= 15 is 0 Å². The lowest BCUT2D eigenvalue weighted by Crippen LogP contribution is -1.93. The first-order valence-electron chi connectivity index (χ1n) is 18.7. The minimum absolute atomic E-state index is 1.18. The third-order valence-corrected chi connectivity index (χ3v) is 11.7. The van der Waals surface area contributed by atoms with Gasteiger partial charge in [-0.3, -0.25) is 0 Å². The lowest BCUT2D eigenvalue weighted by molar-refractivity contribution is 1.18. The molecule has 0 aliphatic rings. The van der Waals surface area contributed by atoms with Crippen LogP contribution in [0.4, 0.5) is 0 Å². The Morgan fingerprint density at radius 1 is 0.259 bits per heavy atom. The lowest BCUT2D eigenvalue weighted by atomic mass is 9.87. The molecule has 0 bridgehead atoms. The van der Waals surface area contributed by atoms with E-state index in [1.807, 2.05) is 0 Å². The van der Waals surface area contributed by atoms with Crippen molar-refractivity contribution < 1.29 is 0 Å². The molecule has 2 aromatic heterocycles. The highest BCUT2D eigenvalue weighted by molar-refractivity contribution is 6.28. The third kappa shape index (κ3) is 4.11. The van der Waals surface area contributed by atoms with E-state index in [0.29, 0.717) is 0 Å². The lowest BCUT2D eigenvalue weighted by Gasteiger charge is -2.17. The Labute approximate surface area is 311 Å². The zero-order chi connectivity index (χ0) is 35.3. The SMILES string of the molecule is c1ccc(-n2c3ccccc3c3cc(-c4ccc5ccc6c(-c7ccc8c(c7)c7ccccc7n8-c7ccccc7)ccc7ccc4c5c76)ccc32)cc1. The summed E-state index contributed by atoms with van der Waals surface area (Å²) >= 11 is 0. The molecule has 0 spiro atoms. The van der Waals surface area contributed by atoms with Crippen LogP contribution in [0.1, 0.15) is 0 Å². The van der Waals surface area contributed by atoms with Crippen LogP contribution in [0.15, 0.2) is 194 Å². The monoisotopic (exact) mass is 684 g/mol. The summed E-state index contributed by atoms with van der Waals surface area (Å²) in [6.07, 6.45) is 0. The number of rotatable bonds is 4. The minimum atomic E-state index is 1.18. The second-order valence-corrected chi connectivity index (χ2v) is 14.5. The van der Waals surface area contributed by atoms with Crippen LogP contribution in [0.5, 0.6) is 0 Å². The number of hydrogen-bond acceptors (Lipinski definition) is 0. The van der Waals surface area contributed by atoms with Gasteiger partial charge in [0.05, 0.1) is 22.1 Å². The molecule has 0 aliphatic carbocycles. The number of nitrogens with zero attached hydrogens (tertiary/aromatic N) is 2. The predicted octanol–water partition coefficient (Wildman–Crippen LogP) is 14.1. The normalized spacial score (nSPS) is 12.1. The third-order valence-electron chi connectivity index (χ3n) is 11.7. The molecule has 0 saturated heterocycles. The average Bonchev–Trinajstić information content (AvgIpc) is 3.75. The second kappa shape index (κ2) is 11.2. The van der Waals surface area contributed by atoms with Crippen molar-refractivity contribution in [1.82, 2.24) is 9.13 Å². The van der Waals surface area contributed by atoms with Gasteiger partial charge in [0.2, 0.25) is 0 Å². The van der Waals surface area contributed by atoms with Crippen LogP contribution >= 0.6 is 0 Å². The van der Waals surface area contributed by atoms with Crippen molar-refractivity contribution >= 4 is 75.9 Å². The van der Waals surface area contributed by atoms with Crippen molar-refractivity contribution in [1.29, 1.82) is 0 Å². The summed E-state index contributed by atoms with van der Waals surface area (Å²) in [6, 6.07) is 71.5.